The summed E-state index contributed by atoms with van der Waals surface area (Å²) in [7, 11) is 0. The van der Waals surface area contributed by atoms with Crippen molar-refractivity contribution in [2.45, 2.75) is 0 Å². The van der Waals surface area contributed by atoms with Crippen LogP contribution in [0, 0.1) is 0 Å². The Kier molecular flexibility index (Phi) is 7.68. The lowest BCUT2D eigenvalue weighted by atomic mass is 9.95. The molecule has 3 nitrogen and oxygen atoms in total. The molecule has 0 aliphatic carbocycles. The molecule has 0 amide bonds. The Hall–Kier alpha value is -7.14. The average Bonchev–Trinajstić information content (AvgIpc) is 3.83. The van der Waals surface area contributed by atoms with E-state index in [0.717, 1.165) is 33.5 Å². The molecule has 11 aromatic rings. The lowest BCUT2D eigenvalue weighted by Gasteiger charge is -2.13. The largest absolute Gasteiger partial charge is 0.278 e. The van der Waals surface area contributed by atoms with Crippen LogP contribution in [-0.4, -0.2) is 14.5 Å². The second-order valence-corrected chi connectivity index (χ2v) is 15.2. The molecular weight excluding hydrogens is 699 g/mol. The van der Waals surface area contributed by atoms with Gasteiger partial charge >= 0.3 is 0 Å². The predicted molar refractivity (Wildman–Crippen MR) is 236 cm³/mol. The third kappa shape index (κ3) is 5.34. The molecule has 8 aromatic carbocycles. The molecule has 0 saturated heterocycles. The van der Waals surface area contributed by atoms with Gasteiger partial charge in [0.25, 0.3) is 0 Å². The highest BCUT2D eigenvalue weighted by molar-refractivity contribution is 7.27. The van der Waals surface area contributed by atoms with Crippen molar-refractivity contribution in [1.29, 1.82) is 0 Å². The van der Waals surface area contributed by atoms with Crippen molar-refractivity contribution < 1.29 is 0 Å². The van der Waals surface area contributed by atoms with Gasteiger partial charge in [-0.25, -0.2) is 9.97 Å². The lowest BCUT2D eigenvalue weighted by Crippen LogP contribution is -2.04. The number of rotatable bonds is 6. The summed E-state index contributed by atoms with van der Waals surface area (Å²) in [5.74, 6) is 0.641. The minimum atomic E-state index is 0.641. The van der Waals surface area contributed by atoms with Crippen LogP contribution in [0.1, 0.15) is 0 Å². The minimum absolute atomic E-state index is 0.641. The van der Waals surface area contributed by atoms with Gasteiger partial charge in [0.2, 0.25) is 5.95 Å². The van der Waals surface area contributed by atoms with Crippen LogP contribution in [0.3, 0.4) is 0 Å². The van der Waals surface area contributed by atoms with E-state index in [-0.39, 0.29) is 0 Å². The first-order valence-corrected chi connectivity index (χ1v) is 19.7. The highest BCUT2D eigenvalue weighted by Gasteiger charge is 2.24. The first-order chi connectivity index (χ1) is 27.8. The van der Waals surface area contributed by atoms with Gasteiger partial charge in [0.1, 0.15) is 0 Å². The zero-order valence-electron chi connectivity index (χ0n) is 30.3. The molecule has 0 saturated carbocycles. The van der Waals surface area contributed by atoms with Crippen molar-refractivity contribution in [3.8, 4) is 61.8 Å². The molecule has 3 aromatic heterocycles. The van der Waals surface area contributed by atoms with Crippen LogP contribution < -0.4 is 0 Å². The van der Waals surface area contributed by atoms with Crippen molar-refractivity contribution in [2.75, 3.05) is 0 Å². The summed E-state index contributed by atoms with van der Waals surface area (Å²) in [6.07, 6.45) is 0. The fourth-order valence-corrected chi connectivity index (χ4v) is 9.64. The van der Waals surface area contributed by atoms with E-state index in [1.165, 1.54) is 64.3 Å². The second-order valence-electron chi connectivity index (χ2n) is 14.1. The molecule has 262 valence electrons. The Morgan fingerprint density at radius 2 is 0.875 bits per heavy atom. The average molecular weight is 732 g/mol. The maximum Gasteiger partial charge on any atom is 0.235 e. The van der Waals surface area contributed by atoms with Crippen LogP contribution in [0.25, 0.3) is 104 Å². The molecule has 3 heterocycles. The van der Waals surface area contributed by atoms with Gasteiger partial charge in [-0.15, -0.1) is 11.3 Å². The number of nitrogens with zero attached hydrogens (tertiary/aromatic N) is 3. The van der Waals surface area contributed by atoms with E-state index in [9.17, 15) is 0 Å². The number of fused-ring (bicyclic) bond motifs is 7. The molecule has 0 fully saturated rings. The zero-order valence-corrected chi connectivity index (χ0v) is 31.1. The minimum Gasteiger partial charge on any atom is -0.278 e. The van der Waals surface area contributed by atoms with Gasteiger partial charge in [-0.1, -0.05) is 176 Å². The van der Waals surface area contributed by atoms with E-state index in [0.29, 0.717) is 5.95 Å². The van der Waals surface area contributed by atoms with Gasteiger partial charge in [0.15, 0.2) is 0 Å². The van der Waals surface area contributed by atoms with E-state index in [1.807, 2.05) is 23.5 Å². The molecule has 0 N–H and O–H groups in total. The third-order valence-corrected chi connectivity index (χ3v) is 12.1. The van der Waals surface area contributed by atoms with Crippen molar-refractivity contribution in [3.05, 3.63) is 200 Å². The van der Waals surface area contributed by atoms with Crippen LogP contribution in [0.2, 0.25) is 0 Å². The van der Waals surface area contributed by atoms with Crippen molar-refractivity contribution in [2.24, 2.45) is 0 Å². The fourth-order valence-electron chi connectivity index (χ4n) is 8.22. The SMILES string of the molecule is c1ccc(-c2ccc3c(c2)c2c4sc5c(-c6ccccc6)cccc5c4c(-c4ccccc4)cc2n3-c2nc(-c3ccccc3)cc(-c3ccccc3)n2)cc1. The number of benzene rings is 8. The third-order valence-electron chi connectivity index (χ3n) is 10.8. The Bertz CT molecular complexity index is 3150. The zero-order chi connectivity index (χ0) is 37.0. The molecule has 4 heteroatoms. The topological polar surface area (TPSA) is 30.7 Å². The van der Waals surface area contributed by atoms with Crippen LogP contribution in [0.5, 0.6) is 0 Å². The molecule has 11 rings (SSSR count). The second kappa shape index (κ2) is 13.3. The van der Waals surface area contributed by atoms with E-state index in [1.54, 1.807) is 0 Å². The Morgan fingerprint density at radius 3 is 1.46 bits per heavy atom. The predicted octanol–water partition coefficient (Wildman–Crippen LogP) is 14.3. The summed E-state index contributed by atoms with van der Waals surface area (Å²) in [4.78, 5) is 10.8. The summed E-state index contributed by atoms with van der Waals surface area (Å²) in [6.45, 7) is 0. The summed E-state index contributed by atoms with van der Waals surface area (Å²) < 4.78 is 4.84. The van der Waals surface area contributed by atoms with Crippen molar-refractivity contribution in [1.82, 2.24) is 14.5 Å². The van der Waals surface area contributed by atoms with Gasteiger partial charge in [0, 0.05) is 42.1 Å². The molecule has 0 atom stereocenters. The monoisotopic (exact) mass is 731 g/mol. The first kappa shape index (κ1) is 32.3. The van der Waals surface area contributed by atoms with Crippen molar-refractivity contribution >= 4 is 53.3 Å². The molecule has 56 heavy (non-hydrogen) atoms. The van der Waals surface area contributed by atoms with Gasteiger partial charge in [0.05, 0.1) is 22.4 Å². The lowest BCUT2D eigenvalue weighted by molar-refractivity contribution is 0.996. The van der Waals surface area contributed by atoms with Gasteiger partial charge in [-0.05, 0) is 57.6 Å². The Balaban J connectivity index is 1.31. The van der Waals surface area contributed by atoms with Gasteiger partial charge in [-0.3, -0.25) is 4.57 Å². The summed E-state index contributed by atoms with van der Waals surface area (Å²) in [5, 5.41) is 4.92. The van der Waals surface area contributed by atoms with E-state index < -0.39 is 0 Å². The molecule has 0 radical (unpaired) electrons. The van der Waals surface area contributed by atoms with Crippen LogP contribution >= 0.6 is 11.3 Å². The van der Waals surface area contributed by atoms with Gasteiger partial charge < -0.3 is 0 Å². The standard InChI is InChI=1S/C52H33N3S/c1-6-17-34(18-7-1)39-29-30-46-43(31-39)49-47(55(46)52-53-44(37-23-12-4-13-24-37)33-45(54-52)38-25-14-5-15-26-38)32-42(36-21-10-3-11-22-36)48-41-28-16-27-40(50(41)56-51(48)49)35-19-8-2-9-20-35/h1-33H. The molecule has 0 spiro atoms. The van der Waals surface area contributed by atoms with Crippen LogP contribution in [0.4, 0.5) is 0 Å². The summed E-state index contributed by atoms with van der Waals surface area (Å²) >= 11 is 1.89. The normalized spacial score (nSPS) is 11.6. The quantitative estimate of drug-likeness (QED) is 0.170. The van der Waals surface area contributed by atoms with Crippen molar-refractivity contribution in [3.63, 3.8) is 0 Å². The van der Waals surface area contributed by atoms with E-state index in [2.05, 4.69) is 193 Å². The highest BCUT2D eigenvalue weighted by Crippen LogP contribution is 2.50. The molecular formula is C52H33N3S. The van der Waals surface area contributed by atoms with Crippen LogP contribution in [0.15, 0.2) is 200 Å². The number of thiophene rings is 1. The molecule has 0 aliphatic heterocycles. The van der Waals surface area contributed by atoms with E-state index >= 15 is 0 Å². The number of aromatic nitrogens is 3. The first-order valence-electron chi connectivity index (χ1n) is 18.9. The maximum absolute atomic E-state index is 5.39. The Morgan fingerprint density at radius 1 is 0.339 bits per heavy atom. The number of hydrogen-bond acceptors (Lipinski definition) is 3. The summed E-state index contributed by atoms with van der Waals surface area (Å²) in [5.41, 5.74) is 13.2. The fraction of sp³-hybridized carbons (Fsp3) is 0. The molecule has 0 aliphatic rings. The maximum atomic E-state index is 5.39. The smallest absolute Gasteiger partial charge is 0.235 e. The summed E-state index contributed by atoms with van der Waals surface area (Å²) in [6, 6.07) is 71.2. The Labute approximate surface area is 328 Å². The molecule has 0 bridgehead atoms. The highest BCUT2D eigenvalue weighted by atomic mass is 32.1. The van der Waals surface area contributed by atoms with Gasteiger partial charge in [-0.2, -0.15) is 0 Å². The molecule has 0 unspecified atom stereocenters. The van der Waals surface area contributed by atoms with E-state index in [4.69, 9.17) is 9.97 Å². The number of hydrogen-bond donors (Lipinski definition) is 0. The van der Waals surface area contributed by atoms with Crippen LogP contribution in [-0.2, 0) is 0 Å².